The molecule has 92 valence electrons. The molecule has 0 aromatic heterocycles. The van der Waals surface area contributed by atoms with Crippen molar-refractivity contribution in [2.45, 2.75) is 13.5 Å². The highest BCUT2D eigenvalue weighted by Crippen LogP contribution is 2.19. The van der Waals surface area contributed by atoms with Crippen LogP contribution in [-0.2, 0) is 16.1 Å². The van der Waals surface area contributed by atoms with Gasteiger partial charge in [0.15, 0.2) is 0 Å². The van der Waals surface area contributed by atoms with Gasteiger partial charge in [-0.3, -0.25) is 4.79 Å². The Morgan fingerprint density at radius 3 is 2.53 bits per heavy atom. The minimum Gasteiger partial charge on any atom is -0.496 e. The number of carbonyl (C=O) groups excluding carboxylic acids is 1. The Labute approximate surface area is 99.6 Å². The molecule has 0 saturated heterocycles. The quantitative estimate of drug-likeness (QED) is 0.798. The van der Waals surface area contributed by atoms with E-state index in [4.69, 9.17) is 9.84 Å². The molecule has 0 saturated carbocycles. The molecule has 5 nitrogen and oxygen atoms in total. The molecule has 0 fully saturated rings. The van der Waals surface area contributed by atoms with E-state index in [1.807, 2.05) is 13.0 Å². The van der Waals surface area contributed by atoms with Gasteiger partial charge in [0, 0.05) is 13.6 Å². The van der Waals surface area contributed by atoms with Crippen molar-refractivity contribution in [2.75, 3.05) is 14.2 Å². The van der Waals surface area contributed by atoms with E-state index in [2.05, 4.69) is 0 Å². The molecule has 0 unspecified atom stereocenters. The third-order valence-corrected chi connectivity index (χ3v) is 2.41. The second kappa shape index (κ2) is 5.34. The number of hydrogen-bond donors (Lipinski definition) is 1. The molecule has 0 heterocycles. The number of carboxylic acids is 1. The highest BCUT2D eigenvalue weighted by atomic mass is 16.5. The van der Waals surface area contributed by atoms with E-state index in [0.29, 0.717) is 0 Å². The van der Waals surface area contributed by atoms with Crippen molar-refractivity contribution in [3.63, 3.8) is 0 Å². The van der Waals surface area contributed by atoms with Crippen molar-refractivity contribution in [3.8, 4) is 5.75 Å². The van der Waals surface area contributed by atoms with Crippen molar-refractivity contribution >= 4 is 11.9 Å². The molecular formula is C12H15NO4. The second-order valence-corrected chi connectivity index (χ2v) is 3.77. The third-order valence-electron chi connectivity index (χ3n) is 2.41. The molecule has 0 aliphatic rings. The monoisotopic (exact) mass is 237 g/mol. The summed E-state index contributed by atoms with van der Waals surface area (Å²) in [6.07, 6.45) is 0. The molecule has 0 spiro atoms. The number of nitrogens with zero attached hydrogens (tertiary/aromatic N) is 1. The number of hydrogen-bond acceptors (Lipinski definition) is 3. The lowest BCUT2D eigenvalue weighted by atomic mass is 10.1. The van der Waals surface area contributed by atoms with Crippen LogP contribution >= 0.6 is 0 Å². The van der Waals surface area contributed by atoms with Crippen LogP contribution in [0.5, 0.6) is 5.75 Å². The van der Waals surface area contributed by atoms with E-state index in [0.717, 1.165) is 21.8 Å². The predicted octanol–water partition coefficient (Wildman–Crippen LogP) is 1.05. The molecule has 1 amide bonds. The molecule has 1 aromatic rings. The first-order valence-corrected chi connectivity index (χ1v) is 5.07. The minimum absolute atomic E-state index is 0.260. The summed E-state index contributed by atoms with van der Waals surface area (Å²) < 4.78 is 5.12. The number of aliphatic carboxylic acids is 1. The maximum atomic E-state index is 11.2. The fraction of sp³-hybridized carbons (Fsp3) is 0.333. The van der Waals surface area contributed by atoms with Crippen molar-refractivity contribution < 1.29 is 19.4 Å². The lowest BCUT2D eigenvalue weighted by Crippen LogP contribution is -2.32. The molecule has 0 atom stereocenters. The van der Waals surface area contributed by atoms with Gasteiger partial charge in [-0.2, -0.15) is 0 Å². The van der Waals surface area contributed by atoms with Crippen LogP contribution in [0.3, 0.4) is 0 Å². The first-order valence-electron chi connectivity index (χ1n) is 5.07. The van der Waals surface area contributed by atoms with Crippen molar-refractivity contribution in [1.29, 1.82) is 0 Å². The van der Waals surface area contributed by atoms with Gasteiger partial charge in [0.05, 0.1) is 7.11 Å². The van der Waals surface area contributed by atoms with Crippen molar-refractivity contribution in [2.24, 2.45) is 0 Å². The summed E-state index contributed by atoms with van der Waals surface area (Å²) in [6.45, 7) is 2.15. The molecule has 1 aromatic carbocycles. The van der Waals surface area contributed by atoms with E-state index in [-0.39, 0.29) is 6.54 Å². The SMILES string of the molecule is COc1ccc(CN(C)C(=O)C(=O)O)cc1C. The van der Waals surface area contributed by atoms with Crippen molar-refractivity contribution in [1.82, 2.24) is 4.90 Å². The standard InChI is InChI=1S/C12H15NO4/c1-8-6-9(4-5-10(8)17-3)7-13(2)11(14)12(15)16/h4-6H,7H2,1-3H3,(H,15,16). The summed E-state index contributed by atoms with van der Waals surface area (Å²) in [5, 5.41) is 8.56. The topological polar surface area (TPSA) is 66.8 Å². The van der Waals surface area contributed by atoms with Gasteiger partial charge in [-0.1, -0.05) is 12.1 Å². The average molecular weight is 237 g/mol. The predicted molar refractivity (Wildman–Crippen MR) is 61.8 cm³/mol. The Bertz CT molecular complexity index is 442. The summed E-state index contributed by atoms with van der Waals surface area (Å²) in [4.78, 5) is 22.8. The van der Waals surface area contributed by atoms with Gasteiger partial charge in [-0.25, -0.2) is 4.79 Å². The van der Waals surface area contributed by atoms with Crippen molar-refractivity contribution in [3.05, 3.63) is 29.3 Å². The number of rotatable bonds is 3. The molecule has 0 bridgehead atoms. The van der Waals surface area contributed by atoms with E-state index < -0.39 is 11.9 Å². The Hall–Kier alpha value is -2.04. The first kappa shape index (κ1) is 13.0. The third kappa shape index (κ3) is 3.21. The van der Waals surface area contributed by atoms with Crippen LogP contribution in [0.25, 0.3) is 0 Å². The Morgan fingerprint density at radius 1 is 1.41 bits per heavy atom. The maximum Gasteiger partial charge on any atom is 0.394 e. The second-order valence-electron chi connectivity index (χ2n) is 3.77. The highest BCUT2D eigenvalue weighted by Gasteiger charge is 2.17. The summed E-state index contributed by atoms with van der Waals surface area (Å²) in [5.74, 6) is -1.60. The molecule has 17 heavy (non-hydrogen) atoms. The maximum absolute atomic E-state index is 11.2. The Morgan fingerprint density at radius 2 is 2.06 bits per heavy atom. The summed E-state index contributed by atoms with van der Waals surface area (Å²) in [6, 6.07) is 5.46. The number of carbonyl (C=O) groups is 2. The van der Waals surface area contributed by atoms with Gasteiger partial charge in [-0.05, 0) is 24.1 Å². The van der Waals surface area contributed by atoms with E-state index >= 15 is 0 Å². The van der Waals surface area contributed by atoms with Crippen LogP contribution in [-0.4, -0.2) is 36.0 Å². The van der Waals surface area contributed by atoms with Gasteiger partial charge in [0.1, 0.15) is 5.75 Å². The van der Waals surface area contributed by atoms with E-state index in [1.54, 1.807) is 19.2 Å². The fourth-order valence-electron chi connectivity index (χ4n) is 1.55. The lowest BCUT2D eigenvalue weighted by Gasteiger charge is -2.15. The van der Waals surface area contributed by atoms with Crippen LogP contribution in [0.1, 0.15) is 11.1 Å². The van der Waals surface area contributed by atoms with Crippen LogP contribution in [0, 0.1) is 6.92 Å². The summed E-state index contributed by atoms with van der Waals surface area (Å²) >= 11 is 0. The molecule has 0 radical (unpaired) electrons. The van der Waals surface area contributed by atoms with Gasteiger partial charge in [0.25, 0.3) is 0 Å². The molecular weight excluding hydrogens is 222 g/mol. The van der Waals surface area contributed by atoms with Crippen LogP contribution < -0.4 is 4.74 Å². The van der Waals surface area contributed by atoms with Crippen LogP contribution in [0.4, 0.5) is 0 Å². The van der Waals surface area contributed by atoms with E-state index in [9.17, 15) is 9.59 Å². The van der Waals surface area contributed by atoms with Crippen LogP contribution in [0.2, 0.25) is 0 Å². The number of methoxy groups -OCH3 is 1. The fourth-order valence-corrected chi connectivity index (χ4v) is 1.55. The number of aryl methyl sites for hydroxylation is 1. The smallest absolute Gasteiger partial charge is 0.394 e. The normalized spacial score (nSPS) is 9.82. The lowest BCUT2D eigenvalue weighted by molar-refractivity contribution is -0.155. The number of carboxylic acid groups (broad SMARTS) is 1. The van der Waals surface area contributed by atoms with E-state index in [1.165, 1.54) is 7.05 Å². The number of likely N-dealkylation sites (N-methyl/N-ethyl adjacent to an activating group) is 1. The number of benzene rings is 1. The average Bonchev–Trinajstić information content (AvgIpc) is 2.28. The molecule has 1 rings (SSSR count). The number of amides is 1. The van der Waals surface area contributed by atoms with Gasteiger partial charge < -0.3 is 14.7 Å². The Kier molecular flexibility index (Phi) is 4.09. The Balaban J connectivity index is 2.79. The first-order chi connectivity index (χ1) is 7.95. The zero-order valence-corrected chi connectivity index (χ0v) is 10.1. The zero-order valence-electron chi connectivity index (χ0n) is 10.1. The molecule has 1 N–H and O–H groups in total. The minimum atomic E-state index is -1.45. The number of ether oxygens (including phenoxy) is 1. The highest BCUT2D eigenvalue weighted by molar-refractivity contribution is 6.31. The molecule has 5 heteroatoms. The van der Waals surface area contributed by atoms with Gasteiger partial charge in [-0.15, -0.1) is 0 Å². The van der Waals surface area contributed by atoms with Gasteiger partial charge in [0.2, 0.25) is 0 Å². The molecule has 0 aliphatic carbocycles. The van der Waals surface area contributed by atoms with Crippen LogP contribution in [0.15, 0.2) is 18.2 Å². The van der Waals surface area contributed by atoms with Gasteiger partial charge >= 0.3 is 11.9 Å². The summed E-state index contributed by atoms with van der Waals surface area (Å²) in [5.41, 5.74) is 1.81. The summed E-state index contributed by atoms with van der Waals surface area (Å²) in [7, 11) is 3.04. The largest absolute Gasteiger partial charge is 0.496 e. The molecule has 0 aliphatic heterocycles. The zero-order chi connectivity index (χ0) is 13.0.